The first-order valence-corrected chi connectivity index (χ1v) is 9.70. The fraction of sp³-hybridized carbons (Fsp3) is 0.524. The van der Waals surface area contributed by atoms with Crippen molar-refractivity contribution >= 4 is 29.4 Å². The van der Waals surface area contributed by atoms with Crippen molar-refractivity contribution in [3.05, 3.63) is 29.3 Å². The summed E-state index contributed by atoms with van der Waals surface area (Å²) in [5.74, 6) is -2.44. The Balaban J connectivity index is 1.57. The molecule has 7 nitrogen and oxygen atoms in total. The number of ether oxygens (including phenoxy) is 1. The third-order valence-electron chi connectivity index (χ3n) is 5.62. The van der Waals surface area contributed by atoms with Crippen LogP contribution >= 0.6 is 0 Å². The van der Waals surface area contributed by atoms with Crippen LogP contribution in [0.15, 0.2) is 18.2 Å². The van der Waals surface area contributed by atoms with Crippen molar-refractivity contribution in [3.63, 3.8) is 0 Å². The van der Waals surface area contributed by atoms with Crippen LogP contribution < -0.4 is 5.32 Å². The Morgan fingerprint density at radius 3 is 2.36 bits per heavy atom. The molecule has 1 aromatic rings. The summed E-state index contributed by atoms with van der Waals surface area (Å²) in [6, 6.07) is 4.64. The minimum Gasteiger partial charge on any atom is -0.454 e. The molecule has 3 atom stereocenters. The topological polar surface area (TPSA) is 92.8 Å². The predicted molar refractivity (Wildman–Crippen MR) is 102 cm³/mol. The Kier molecular flexibility index (Phi) is 5.82. The molecule has 2 fully saturated rings. The van der Waals surface area contributed by atoms with E-state index in [0.29, 0.717) is 18.5 Å². The van der Waals surface area contributed by atoms with E-state index < -0.39 is 24.5 Å². The smallest absolute Gasteiger partial charge is 0.329 e. The number of aryl methyl sites for hydroxylation is 2. The second kappa shape index (κ2) is 8.12. The zero-order valence-electron chi connectivity index (χ0n) is 16.5. The summed E-state index contributed by atoms with van der Waals surface area (Å²) in [6.07, 6.45) is 3.22. The lowest BCUT2D eigenvalue weighted by atomic mass is 9.81. The van der Waals surface area contributed by atoms with Crippen LogP contribution in [0.2, 0.25) is 0 Å². The summed E-state index contributed by atoms with van der Waals surface area (Å²) in [5, 5.41) is 2.71. The Morgan fingerprint density at radius 1 is 1.14 bits per heavy atom. The van der Waals surface area contributed by atoms with Gasteiger partial charge in [-0.05, 0) is 50.8 Å². The molecule has 0 spiro atoms. The Bertz CT molecular complexity index is 795. The number of benzene rings is 1. The van der Waals surface area contributed by atoms with Crippen molar-refractivity contribution in [3.8, 4) is 0 Å². The van der Waals surface area contributed by atoms with Crippen LogP contribution in [-0.4, -0.2) is 41.2 Å². The summed E-state index contributed by atoms with van der Waals surface area (Å²) in [4.78, 5) is 50.6. The molecule has 7 heteroatoms. The molecular formula is C21H26N2O5. The van der Waals surface area contributed by atoms with Gasteiger partial charge in [0.05, 0.1) is 11.8 Å². The molecule has 1 saturated carbocycles. The van der Waals surface area contributed by atoms with Gasteiger partial charge in [-0.2, -0.15) is 0 Å². The van der Waals surface area contributed by atoms with Gasteiger partial charge in [0.2, 0.25) is 11.8 Å². The van der Waals surface area contributed by atoms with Gasteiger partial charge in [0.15, 0.2) is 6.61 Å². The average molecular weight is 386 g/mol. The van der Waals surface area contributed by atoms with Crippen molar-refractivity contribution in [2.75, 3.05) is 11.9 Å². The minimum absolute atomic E-state index is 0.293. The van der Waals surface area contributed by atoms with E-state index in [-0.39, 0.29) is 23.7 Å². The number of carbonyl (C=O) groups is 4. The third-order valence-corrected chi connectivity index (χ3v) is 5.62. The van der Waals surface area contributed by atoms with Crippen molar-refractivity contribution in [2.24, 2.45) is 11.8 Å². The zero-order valence-corrected chi connectivity index (χ0v) is 16.5. The number of nitrogens with zero attached hydrogens (tertiary/aromatic N) is 1. The number of hydrogen-bond donors (Lipinski definition) is 1. The first kappa shape index (κ1) is 20.0. The van der Waals surface area contributed by atoms with E-state index in [4.69, 9.17) is 4.74 Å². The highest BCUT2D eigenvalue weighted by Crippen LogP contribution is 2.38. The van der Waals surface area contributed by atoms with Crippen molar-refractivity contribution in [2.45, 2.75) is 52.5 Å². The third kappa shape index (κ3) is 3.93. The van der Waals surface area contributed by atoms with Crippen LogP contribution in [0.4, 0.5) is 5.69 Å². The van der Waals surface area contributed by atoms with Crippen molar-refractivity contribution < 1.29 is 23.9 Å². The molecule has 1 aromatic carbocycles. The Morgan fingerprint density at radius 2 is 1.75 bits per heavy atom. The molecule has 0 bridgehead atoms. The lowest BCUT2D eigenvalue weighted by Gasteiger charge is -2.21. The second-order valence-electron chi connectivity index (χ2n) is 7.69. The fourth-order valence-corrected chi connectivity index (χ4v) is 3.99. The molecule has 150 valence electrons. The maximum Gasteiger partial charge on any atom is 0.329 e. The molecule has 1 aliphatic carbocycles. The molecule has 1 saturated heterocycles. The number of anilines is 1. The van der Waals surface area contributed by atoms with Gasteiger partial charge >= 0.3 is 5.97 Å². The van der Waals surface area contributed by atoms with Gasteiger partial charge < -0.3 is 10.1 Å². The number of fused-ring (bicyclic) bond motifs is 1. The first-order chi connectivity index (χ1) is 13.3. The first-order valence-electron chi connectivity index (χ1n) is 9.70. The van der Waals surface area contributed by atoms with E-state index in [0.717, 1.165) is 28.9 Å². The number of hydrogen-bond acceptors (Lipinski definition) is 5. The highest BCUT2D eigenvalue weighted by molar-refractivity contribution is 6.08. The van der Waals surface area contributed by atoms with Gasteiger partial charge in [0.25, 0.3) is 5.91 Å². The molecule has 0 aromatic heterocycles. The average Bonchev–Trinajstić information content (AvgIpc) is 2.93. The van der Waals surface area contributed by atoms with Gasteiger partial charge in [-0.15, -0.1) is 0 Å². The van der Waals surface area contributed by atoms with E-state index in [9.17, 15) is 19.2 Å². The number of rotatable bonds is 5. The lowest BCUT2D eigenvalue weighted by Crippen LogP contribution is -2.45. The summed E-state index contributed by atoms with van der Waals surface area (Å²) < 4.78 is 5.07. The molecular weight excluding hydrogens is 360 g/mol. The Labute approximate surface area is 164 Å². The van der Waals surface area contributed by atoms with Gasteiger partial charge in [0.1, 0.15) is 6.04 Å². The number of imide groups is 1. The van der Waals surface area contributed by atoms with E-state index in [1.54, 1.807) is 0 Å². The molecule has 1 aliphatic heterocycles. The maximum atomic E-state index is 12.6. The molecule has 28 heavy (non-hydrogen) atoms. The van der Waals surface area contributed by atoms with E-state index in [1.165, 1.54) is 6.92 Å². The number of likely N-dealkylation sites (tertiary alicyclic amines) is 1. The number of carbonyl (C=O) groups excluding carboxylic acids is 4. The van der Waals surface area contributed by atoms with Crippen LogP contribution in [0.5, 0.6) is 0 Å². The van der Waals surface area contributed by atoms with Crippen LogP contribution in [-0.2, 0) is 23.9 Å². The number of amides is 3. The van der Waals surface area contributed by atoms with Gasteiger partial charge in [-0.25, -0.2) is 4.79 Å². The highest BCUT2D eigenvalue weighted by Gasteiger charge is 2.51. The van der Waals surface area contributed by atoms with Crippen LogP contribution in [0.1, 0.15) is 43.7 Å². The normalized spacial score (nSPS) is 22.6. The molecule has 1 N–H and O–H groups in total. The SMILES string of the molecule is Cc1ccc(C)c(NC(=O)COC(=O)[C@H](C)N2C(=O)[C@@H]3CCCC[C@H]3C2=O)c1. The highest BCUT2D eigenvalue weighted by atomic mass is 16.5. The molecule has 0 unspecified atom stereocenters. The zero-order chi connectivity index (χ0) is 20.4. The summed E-state index contributed by atoms with van der Waals surface area (Å²) in [7, 11) is 0. The van der Waals surface area contributed by atoms with Gasteiger partial charge in [0, 0.05) is 5.69 Å². The standard InChI is InChI=1S/C21H26N2O5/c1-12-8-9-13(2)17(10-12)22-18(24)11-28-21(27)14(3)23-19(25)15-6-4-5-7-16(15)20(23)26/h8-10,14-16H,4-7,11H2,1-3H3,(H,22,24)/t14-,15+,16+/m0/s1. The predicted octanol–water partition coefficient (Wildman–Crippen LogP) is 2.35. The number of esters is 1. The van der Waals surface area contributed by atoms with E-state index in [1.807, 2.05) is 32.0 Å². The van der Waals surface area contributed by atoms with E-state index >= 15 is 0 Å². The monoisotopic (exact) mass is 386 g/mol. The molecule has 0 radical (unpaired) electrons. The maximum absolute atomic E-state index is 12.6. The molecule has 3 rings (SSSR count). The summed E-state index contributed by atoms with van der Waals surface area (Å²) >= 11 is 0. The lowest BCUT2D eigenvalue weighted by molar-refractivity contribution is -0.159. The van der Waals surface area contributed by atoms with Crippen molar-refractivity contribution in [1.29, 1.82) is 0 Å². The minimum atomic E-state index is -1.03. The van der Waals surface area contributed by atoms with Crippen LogP contribution in [0, 0.1) is 25.7 Å². The van der Waals surface area contributed by atoms with Crippen LogP contribution in [0.3, 0.4) is 0 Å². The summed E-state index contributed by atoms with van der Waals surface area (Å²) in [5.41, 5.74) is 2.55. The molecule has 1 heterocycles. The van der Waals surface area contributed by atoms with Crippen molar-refractivity contribution in [1.82, 2.24) is 4.90 Å². The fourth-order valence-electron chi connectivity index (χ4n) is 3.99. The van der Waals surface area contributed by atoms with Gasteiger partial charge in [-0.3, -0.25) is 19.3 Å². The molecule has 2 aliphatic rings. The number of nitrogens with one attached hydrogen (secondary N) is 1. The largest absolute Gasteiger partial charge is 0.454 e. The molecule has 3 amide bonds. The summed E-state index contributed by atoms with van der Waals surface area (Å²) in [6.45, 7) is 4.78. The quantitative estimate of drug-likeness (QED) is 0.619. The van der Waals surface area contributed by atoms with Gasteiger partial charge in [-0.1, -0.05) is 25.0 Å². The second-order valence-corrected chi connectivity index (χ2v) is 7.69. The van der Waals surface area contributed by atoms with E-state index in [2.05, 4.69) is 5.32 Å². The van der Waals surface area contributed by atoms with Crippen LogP contribution in [0.25, 0.3) is 0 Å². The Hall–Kier alpha value is -2.70.